The summed E-state index contributed by atoms with van der Waals surface area (Å²) < 4.78 is 0. The Kier molecular flexibility index (Phi) is 6.72. The highest BCUT2D eigenvalue weighted by molar-refractivity contribution is 6.11. The van der Waals surface area contributed by atoms with Crippen LogP contribution in [-0.4, -0.2) is 50.8 Å². The Morgan fingerprint density at radius 1 is 0.946 bits per heavy atom. The quantitative estimate of drug-likeness (QED) is 0.484. The van der Waals surface area contributed by atoms with Crippen molar-refractivity contribution in [3.63, 3.8) is 0 Å². The molecule has 0 heterocycles. The third kappa shape index (κ3) is 3.82. The molecule has 3 N–H and O–H groups in total. The van der Waals surface area contributed by atoms with Gasteiger partial charge in [0.2, 0.25) is 0 Å². The van der Waals surface area contributed by atoms with Crippen molar-refractivity contribution in [3.05, 3.63) is 11.1 Å². The molecule has 0 radical (unpaired) electrons. The largest absolute Gasteiger partial charge is 0.481 e. The number of ketones is 3. The van der Waals surface area contributed by atoms with Gasteiger partial charge in [0.25, 0.3) is 0 Å². The minimum absolute atomic E-state index is 0.0418. The molecule has 2 saturated carbocycles. The summed E-state index contributed by atoms with van der Waals surface area (Å²) in [4.78, 5) is 51.9. The first-order valence-electron chi connectivity index (χ1n) is 13.8. The van der Waals surface area contributed by atoms with E-state index in [0.29, 0.717) is 30.4 Å². The summed E-state index contributed by atoms with van der Waals surface area (Å²) in [6.07, 6.45) is 0.787. The van der Waals surface area contributed by atoms with Gasteiger partial charge in [-0.2, -0.15) is 0 Å². The number of fused-ring (bicyclic) bond motifs is 4. The molecule has 37 heavy (non-hydrogen) atoms. The molecule has 0 spiro atoms. The fourth-order valence-electron chi connectivity index (χ4n) is 9.11. The Morgan fingerprint density at radius 2 is 1.57 bits per heavy atom. The van der Waals surface area contributed by atoms with Gasteiger partial charge in [0.15, 0.2) is 11.6 Å². The van der Waals surface area contributed by atoms with Crippen LogP contribution < -0.4 is 0 Å². The molecule has 0 unspecified atom stereocenters. The zero-order valence-electron chi connectivity index (χ0n) is 23.4. The molecule has 0 aromatic heterocycles. The molecule has 2 fully saturated rings. The lowest BCUT2D eigenvalue weighted by Gasteiger charge is -2.60. The van der Waals surface area contributed by atoms with E-state index in [1.165, 1.54) is 6.92 Å². The second-order valence-electron chi connectivity index (χ2n) is 14.0. The lowest BCUT2D eigenvalue weighted by Crippen LogP contribution is -2.60. The molecule has 0 saturated heterocycles. The number of hydrogen-bond donors (Lipinski definition) is 3. The Hall–Kier alpha value is -1.86. The van der Waals surface area contributed by atoms with Crippen molar-refractivity contribution in [2.75, 3.05) is 0 Å². The van der Waals surface area contributed by atoms with E-state index in [-0.39, 0.29) is 60.8 Å². The van der Waals surface area contributed by atoms with Crippen molar-refractivity contribution in [2.24, 2.45) is 45.3 Å². The van der Waals surface area contributed by atoms with Crippen LogP contribution in [0.25, 0.3) is 0 Å². The second-order valence-corrected chi connectivity index (χ2v) is 14.0. The van der Waals surface area contributed by atoms with E-state index in [2.05, 4.69) is 6.92 Å². The van der Waals surface area contributed by atoms with Crippen LogP contribution in [0, 0.1) is 45.3 Å². The monoisotopic (exact) mass is 516 g/mol. The summed E-state index contributed by atoms with van der Waals surface area (Å²) in [7, 11) is 0. The average Bonchev–Trinajstić information content (AvgIpc) is 2.99. The van der Waals surface area contributed by atoms with E-state index in [1.807, 2.05) is 34.6 Å². The van der Waals surface area contributed by atoms with Crippen LogP contribution in [0.3, 0.4) is 0 Å². The molecule has 206 valence electrons. The summed E-state index contributed by atoms with van der Waals surface area (Å²) in [6.45, 7) is 13.4. The Morgan fingerprint density at radius 3 is 2.16 bits per heavy atom. The zero-order chi connectivity index (χ0) is 27.9. The van der Waals surface area contributed by atoms with Crippen molar-refractivity contribution >= 4 is 23.3 Å². The number of aliphatic hydroxyl groups is 2. The fraction of sp³-hybridized carbons (Fsp3) is 0.800. The Bertz CT molecular complexity index is 1070. The number of carboxylic acid groups (broad SMARTS) is 1. The summed E-state index contributed by atoms with van der Waals surface area (Å²) in [5.41, 5.74) is -1.61. The van der Waals surface area contributed by atoms with Crippen LogP contribution in [0.15, 0.2) is 11.1 Å². The molecule has 0 aromatic rings. The minimum atomic E-state index is -1.00. The van der Waals surface area contributed by atoms with Crippen molar-refractivity contribution in [3.8, 4) is 0 Å². The van der Waals surface area contributed by atoms with Crippen molar-refractivity contribution in [2.45, 2.75) is 106 Å². The van der Waals surface area contributed by atoms with Gasteiger partial charge in [-0.3, -0.25) is 19.2 Å². The Balaban J connectivity index is 1.74. The lowest BCUT2D eigenvalue weighted by atomic mass is 9.42. The first kappa shape index (κ1) is 28.2. The van der Waals surface area contributed by atoms with E-state index in [1.54, 1.807) is 0 Å². The number of hydrogen-bond acceptors (Lipinski definition) is 6. The minimum Gasteiger partial charge on any atom is -0.481 e. The maximum absolute atomic E-state index is 14.0. The van der Waals surface area contributed by atoms with Crippen molar-refractivity contribution in [1.82, 2.24) is 0 Å². The SMILES string of the molecule is C[C@H](CC(=O)C[C@H](C)C(=O)O)[C@H]1C[C@H](O)[C@@]2(C)C3=C(C(=O)C[C@]12C)[C@@]1(C)CC[C@@H](O)C(C)(C)[C@@H]1CC3=O. The zero-order valence-corrected chi connectivity index (χ0v) is 23.4. The summed E-state index contributed by atoms with van der Waals surface area (Å²) in [5, 5.41) is 31.5. The molecule has 7 nitrogen and oxygen atoms in total. The number of aliphatic hydroxyl groups excluding tert-OH is 2. The predicted octanol–water partition coefficient (Wildman–Crippen LogP) is 4.13. The summed E-state index contributed by atoms with van der Waals surface area (Å²) in [5.74, 6) is -2.54. The third-order valence-electron chi connectivity index (χ3n) is 11.6. The van der Waals surface area contributed by atoms with Crippen LogP contribution in [0.5, 0.6) is 0 Å². The van der Waals surface area contributed by atoms with Gasteiger partial charge in [-0.15, -0.1) is 0 Å². The van der Waals surface area contributed by atoms with Crippen molar-refractivity contribution in [1.29, 1.82) is 0 Å². The standard InChI is InChI=1S/C30H44O7/c1-15(10-17(31)11-16(2)26(36)37)18-12-23(35)30(7)25-19(32)13-21-27(3,4)22(34)8-9-28(21,5)24(25)20(33)14-29(18,30)6/h15-16,18,21-23,34-35H,8-14H2,1-7H3,(H,36,37)/t15-,16+,18-,21+,22-,23+,28+,29-,30+/m1/s1. The van der Waals surface area contributed by atoms with E-state index in [0.717, 1.165) is 0 Å². The highest BCUT2D eigenvalue weighted by atomic mass is 16.4. The predicted molar refractivity (Wildman–Crippen MR) is 137 cm³/mol. The van der Waals surface area contributed by atoms with E-state index < -0.39 is 45.8 Å². The maximum atomic E-state index is 14.0. The first-order chi connectivity index (χ1) is 16.9. The third-order valence-corrected chi connectivity index (χ3v) is 11.6. The van der Waals surface area contributed by atoms with Crippen LogP contribution in [0.1, 0.15) is 93.4 Å². The lowest BCUT2D eigenvalue weighted by molar-refractivity contribution is -0.144. The maximum Gasteiger partial charge on any atom is 0.306 e. The first-order valence-corrected chi connectivity index (χ1v) is 13.8. The van der Waals surface area contributed by atoms with Gasteiger partial charge in [-0.05, 0) is 47.8 Å². The Labute approximate surface area is 220 Å². The molecular weight excluding hydrogens is 472 g/mol. The van der Waals surface area contributed by atoms with E-state index in [9.17, 15) is 34.5 Å². The summed E-state index contributed by atoms with van der Waals surface area (Å²) >= 11 is 0. The van der Waals surface area contributed by atoms with Crippen molar-refractivity contribution < 1.29 is 34.5 Å². The second kappa shape index (κ2) is 8.84. The molecule has 0 amide bonds. The molecule has 9 atom stereocenters. The topological polar surface area (TPSA) is 129 Å². The normalized spacial score (nSPS) is 42.5. The molecule has 0 bridgehead atoms. The molecule has 4 rings (SSSR count). The molecule has 0 aliphatic heterocycles. The van der Waals surface area contributed by atoms with Crippen LogP contribution in [0.4, 0.5) is 0 Å². The number of allylic oxidation sites excluding steroid dienone is 1. The smallest absolute Gasteiger partial charge is 0.306 e. The van der Waals surface area contributed by atoms with E-state index in [4.69, 9.17) is 0 Å². The highest BCUT2D eigenvalue weighted by Gasteiger charge is 2.70. The number of carboxylic acids is 1. The van der Waals surface area contributed by atoms with Gasteiger partial charge in [-0.1, -0.05) is 48.5 Å². The number of carbonyl (C=O) groups is 4. The van der Waals surface area contributed by atoms with Crippen LogP contribution in [0.2, 0.25) is 0 Å². The van der Waals surface area contributed by atoms with Gasteiger partial charge in [0.1, 0.15) is 5.78 Å². The van der Waals surface area contributed by atoms with Crippen LogP contribution in [-0.2, 0) is 19.2 Å². The van der Waals surface area contributed by atoms with Crippen LogP contribution >= 0.6 is 0 Å². The molecule has 4 aliphatic carbocycles. The fourth-order valence-corrected chi connectivity index (χ4v) is 9.11. The van der Waals surface area contributed by atoms with Gasteiger partial charge in [0, 0.05) is 47.7 Å². The van der Waals surface area contributed by atoms with Gasteiger partial charge >= 0.3 is 5.97 Å². The molecule has 4 aliphatic rings. The number of aliphatic carboxylic acids is 1. The highest BCUT2D eigenvalue weighted by Crippen LogP contribution is 2.71. The van der Waals surface area contributed by atoms with Gasteiger partial charge < -0.3 is 15.3 Å². The molecule has 0 aromatic carbocycles. The number of carbonyl (C=O) groups excluding carboxylic acids is 3. The molecule has 7 heteroatoms. The van der Waals surface area contributed by atoms with Gasteiger partial charge in [-0.25, -0.2) is 0 Å². The average molecular weight is 517 g/mol. The number of rotatable bonds is 6. The van der Waals surface area contributed by atoms with E-state index >= 15 is 0 Å². The van der Waals surface area contributed by atoms with Gasteiger partial charge in [0.05, 0.1) is 18.1 Å². The summed E-state index contributed by atoms with van der Waals surface area (Å²) in [6, 6.07) is 0. The number of Topliss-reactive ketones (excluding diaryl/α,β-unsaturated/α-hetero) is 3. The molecular formula is C30H44O7.